The minimum Gasteiger partial charge on any atom is -0.480 e. The maximum atomic E-state index is 11.4. The molecule has 1 saturated heterocycles. The predicted molar refractivity (Wildman–Crippen MR) is 60.4 cm³/mol. The van der Waals surface area contributed by atoms with Crippen molar-refractivity contribution >= 4 is 5.97 Å². The third-order valence-corrected chi connectivity index (χ3v) is 3.81. The SMILES string of the molecule is O=C(O)C1(NCC2CCCO2)CCCCC1. The second-order valence-corrected chi connectivity index (χ2v) is 4.96. The van der Waals surface area contributed by atoms with Gasteiger partial charge in [0.1, 0.15) is 5.54 Å². The van der Waals surface area contributed by atoms with Crippen LogP contribution in [0.15, 0.2) is 0 Å². The van der Waals surface area contributed by atoms with Gasteiger partial charge in [-0.15, -0.1) is 0 Å². The summed E-state index contributed by atoms with van der Waals surface area (Å²) in [5.74, 6) is -0.690. The van der Waals surface area contributed by atoms with Crippen molar-refractivity contribution in [3.05, 3.63) is 0 Å². The zero-order valence-electron chi connectivity index (χ0n) is 9.71. The van der Waals surface area contributed by atoms with Crippen LogP contribution in [0.3, 0.4) is 0 Å². The second kappa shape index (κ2) is 5.15. The molecule has 2 fully saturated rings. The molecule has 4 nitrogen and oxygen atoms in total. The summed E-state index contributed by atoms with van der Waals surface area (Å²) >= 11 is 0. The predicted octanol–water partition coefficient (Wildman–Crippen LogP) is 1.54. The van der Waals surface area contributed by atoms with Crippen LogP contribution in [0.2, 0.25) is 0 Å². The van der Waals surface area contributed by atoms with Gasteiger partial charge >= 0.3 is 5.97 Å². The minimum atomic E-state index is -0.690. The smallest absolute Gasteiger partial charge is 0.323 e. The third kappa shape index (κ3) is 2.55. The molecule has 2 N–H and O–H groups in total. The van der Waals surface area contributed by atoms with E-state index >= 15 is 0 Å². The highest BCUT2D eigenvalue weighted by molar-refractivity contribution is 5.78. The van der Waals surface area contributed by atoms with Crippen LogP contribution >= 0.6 is 0 Å². The molecular weight excluding hydrogens is 206 g/mol. The number of carboxylic acids is 1. The van der Waals surface area contributed by atoms with Gasteiger partial charge in [-0.05, 0) is 25.7 Å². The van der Waals surface area contributed by atoms with Gasteiger partial charge in [-0.1, -0.05) is 19.3 Å². The molecule has 0 amide bonds. The van der Waals surface area contributed by atoms with Gasteiger partial charge in [-0.3, -0.25) is 10.1 Å². The van der Waals surface area contributed by atoms with Gasteiger partial charge in [0.15, 0.2) is 0 Å². The first-order valence-corrected chi connectivity index (χ1v) is 6.33. The van der Waals surface area contributed by atoms with Crippen LogP contribution in [0.5, 0.6) is 0 Å². The van der Waals surface area contributed by atoms with E-state index in [-0.39, 0.29) is 6.10 Å². The molecule has 92 valence electrons. The van der Waals surface area contributed by atoms with Crippen LogP contribution in [0.25, 0.3) is 0 Å². The van der Waals surface area contributed by atoms with Gasteiger partial charge in [0.05, 0.1) is 6.10 Å². The monoisotopic (exact) mass is 227 g/mol. The quantitative estimate of drug-likeness (QED) is 0.765. The Kier molecular flexibility index (Phi) is 3.82. The van der Waals surface area contributed by atoms with E-state index in [2.05, 4.69) is 5.32 Å². The Bertz CT molecular complexity index is 243. The van der Waals surface area contributed by atoms with Crippen LogP contribution in [0.1, 0.15) is 44.9 Å². The van der Waals surface area contributed by atoms with Gasteiger partial charge in [0.2, 0.25) is 0 Å². The van der Waals surface area contributed by atoms with Gasteiger partial charge in [-0.2, -0.15) is 0 Å². The Morgan fingerprint density at radius 3 is 2.62 bits per heavy atom. The normalized spacial score (nSPS) is 29.1. The van der Waals surface area contributed by atoms with Crippen molar-refractivity contribution in [2.24, 2.45) is 0 Å². The van der Waals surface area contributed by atoms with Crippen molar-refractivity contribution in [3.8, 4) is 0 Å². The van der Waals surface area contributed by atoms with Crippen molar-refractivity contribution in [2.45, 2.75) is 56.6 Å². The Labute approximate surface area is 96.4 Å². The molecule has 1 unspecified atom stereocenters. The largest absolute Gasteiger partial charge is 0.480 e. The molecule has 1 heterocycles. The average molecular weight is 227 g/mol. The van der Waals surface area contributed by atoms with E-state index in [4.69, 9.17) is 4.74 Å². The van der Waals surface area contributed by atoms with Gasteiger partial charge in [-0.25, -0.2) is 0 Å². The first-order valence-electron chi connectivity index (χ1n) is 6.33. The number of aliphatic carboxylic acids is 1. The zero-order chi connectivity index (χ0) is 11.4. The van der Waals surface area contributed by atoms with Crippen molar-refractivity contribution in [1.82, 2.24) is 5.32 Å². The Hall–Kier alpha value is -0.610. The highest BCUT2D eigenvalue weighted by atomic mass is 16.5. The fourth-order valence-electron chi connectivity index (χ4n) is 2.74. The second-order valence-electron chi connectivity index (χ2n) is 4.96. The molecular formula is C12H21NO3. The summed E-state index contributed by atoms with van der Waals surface area (Å²) in [4.78, 5) is 11.4. The number of carbonyl (C=O) groups is 1. The van der Waals surface area contributed by atoms with E-state index < -0.39 is 11.5 Å². The number of nitrogens with one attached hydrogen (secondary N) is 1. The van der Waals surface area contributed by atoms with Gasteiger partial charge < -0.3 is 9.84 Å². The van der Waals surface area contributed by atoms with Crippen molar-refractivity contribution in [3.63, 3.8) is 0 Å². The maximum Gasteiger partial charge on any atom is 0.323 e. The summed E-state index contributed by atoms with van der Waals surface area (Å²) in [5, 5.41) is 12.6. The lowest BCUT2D eigenvalue weighted by Gasteiger charge is -2.34. The molecule has 0 aromatic carbocycles. The number of ether oxygens (including phenoxy) is 1. The maximum absolute atomic E-state index is 11.4. The molecule has 1 saturated carbocycles. The number of hydrogen-bond donors (Lipinski definition) is 2. The molecule has 1 aliphatic heterocycles. The lowest BCUT2D eigenvalue weighted by Crippen LogP contribution is -2.55. The molecule has 2 aliphatic rings. The average Bonchev–Trinajstić information content (AvgIpc) is 2.80. The van der Waals surface area contributed by atoms with Crippen LogP contribution in [-0.2, 0) is 9.53 Å². The fourth-order valence-corrected chi connectivity index (χ4v) is 2.74. The molecule has 2 rings (SSSR count). The van der Waals surface area contributed by atoms with E-state index in [0.717, 1.165) is 51.6 Å². The standard InChI is InChI=1S/C12H21NO3/c14-11(15)12(6-2-1-3-7-12)13-9-10-5-4-8-16-10/h10,13H,1-9H2,(H,14,15). The topological polar surface area (TPSA) is 58.6 Å². The summed E-state index contributed by atoms with van der Waals surface area (Å²) < 4.78 is 5.51. The third-order valence-electron chi connectivity index (χ3n) is 3.81. The molecule has 0 aromatic rings. The molecule has 0 bridgehead atoms. The summed E-state index contributed by atoms with van der Waals surface area (Å²) in [6, 6.07) is 0. The lowest BCUT2D eigenvalue weighted by molar-refractivity contribution is -0.146. The highest BCUT2D eigenvalue weighted by Gasteiger charge is 2.39. The Balaban J connectivity index is 1.88. The van der Waals surface area contributed by atoms with Crippen molar-refractivity contribution in [1.29, 1.82) is 0 Å². The van der Waals surface area contributed by atoms with E-state index in [1.165, 1.54) is 0 Å². The molecule has 1 aliphatic carbocycles. The van der Waals surface area contributed by atoms with E-state index in [0.29, 0.717) is 6.54 Å². The van der Waals surface area contributed by atoms with Gasteiger partial charge in [0.25, 0.3) is 0 Å². The summed E-state index contributed by atoms with van der Waals surface area (Å²) in [5.41, 5.74) is -0.676. The van der Waals surface area contributed by atoms with E-state index in [1.807, 2.05) is 0 Å². The minimum absolute atomic E-state index is 0.221. The Morgan fingerprint density at radius 1 is 1.31 bits per heavy atom. The molecule has 1 atom stereocenters. The fraction of sp³-hybridized carbons (Fsp3) is 0.917. The molecule has 0 aromatic heterocycles. The van der Waals surface area contributed by atoms with Crippen LogP contribution < -0.4 is 5.32 Å². The van der Waals surface area contributed by atoms with Crippen LogP contribution in [0.4, 0.5) is 0 Å². The van der Waals surface area contributed by atoms with Crippen LogP contribution in [-0.4, -0.2) is 35.9 Å². The molecule has 0 spiro atoms. The highest BCUT2D eigenvalue weighted by Crippen LogP contribution is 2.28. The summed E-state index contributed by atoms with van der Waals surface area (Å²) in [6.07, 6.45) is 7.10. The first-order chi connectivity index (χ1) is 7.73. The molecule has 16 heavy (non-hydrogen) atoms. The zero-order valence-corrected chi connectivity index (χ0v) is 9.71. The van der Waals surface area contributed by atoms with Crippen molar-refractivity contribution in [2.75, 3.05) is 13.2 Å². The lowest BCUT2D eigenvalue weighted by atomic mass is 9.81. The Morgan fingerprint density at radius 2 is 2.06 bits per heavy atom. The number of rotatable bonds is 4. The van der Waals surface area contributed by atoms with Crippen LogP contribution in [0, 0.1) is 0 Å². The van der Waals surface area contributed by atoms with Crippen molar-refractivity contribution < 1.29 is 14.6 Å². The molecule has 4 heteroatoms. The number of carboxylic acid groups (broad SMARTS) is 1. The number of hydrogen-bond acceptors (Lipinski definition) is 3. The van der Waals surface area contributed by atoms with Gasteiger partial charge in [0, 0.05) is 13.2 Å². The van der Waals surface area contributed by atoms with E-state index in [9.17, 15) is 9.90 Å². The van der Waals surface area contributed by atoms with E-state index in [1.54, 1.807) is 0 Å². The first kappa shape index (κ1) is 11.9. The molecule has 0 radical (unpaired) electrons. The summed E-state index contributed by atoms with van der Waals surface area (Å²) in [6.45, 7) is 1.51. The summed E-state index contributed by atoms with van der Waals surface area (Å²) in [7, 11) is 0.